The van der Waals surface area contributed by atoms with E-state index in [0.717, 1.165) is 37.3 Å². The molecule has 1 amide bonds. The Kier molecular flexibility index (Phi) is 5.26. The maximum atomic E-state index is 12.4. The van der Waals surface area contributed by atoms with E-state index in [2.05, 4.69) is 9.88 Å². The van der Waals surface area contributed by atoms with Crippen molar-refractivity contribution in [3.05, 3.63) is 66.4 Å². The van der Waals surface area contributed by atoms with E-state index in [-0.39, 0.29) is 11.9 Å². The van der Waals surface area contributed by atoms with Gasteiger partial charge in [-0.15, -0.1) is 0 Å². The summed E-state index contributed by atoms with van der Waals surface area (Å²) in [5, 5.41) is 0. The Morgan fingerprint density at radius 3 is 2.50 bits per heavy atom. The van der Waals surface area contributed by atoms with E-state index in [9.17, 15) is 4.79 Å². The minimum absolute atomic E-state index is 0.0649. The zero-order valence-corrected chi connectivity index (χ0v) is 14.0. The number of hydrogen-bond donors (Lipinski definition) is 0. The zero-order valence-electron chi connectivity index (χ0n) is 14.0. The maximum absolute atomic E-state index is 12.4. The van der Waals surface area contributed by atoms with Crippen LogP contribution in [0, 0.1) is 0 Å². The van der Waals surface area contributed by atoms with Gasteiger partial charge in [0.1, 0.15) is 5.82 Å². The highest BCUT2D eigenvalue weighted by atomic mass is 16.2. The van der Waals surface area contributed by atoms with Crippen LogP contribution >= 0.6 is 0 Å². The van der Waals surface area contributed by atoms with Crippen molar-refractivity contribution in [1.82, 2.24) is 9.88 Å². The highest BCUT2D eigenvalue weighted by Gasteiger charge is 2.24. The molecule has 0 aliphatic carbocycles. The summed E-state index contributed by atoms with van der Waals surface area (Å²) in [4.78, 5) is 20.9. The summed E-state index contributed by atoms with van der Waals surface area (Å²) in [6.07, 6.45) is 7.31. The lowest BCUT2D eigenvalue weighted by Gasteiger charge is -2.37. The summed E-state index contributed by atoms with van der Waals surface area (Å²) < 4.78 is 0. The Morgan fingerprint density at radius 2 is 1.83 bits per heavy atom. The van der Waals surface area contributed by atoms with E-state index in [1.54, 1.807) is 6.08 Å². The van der Waals surface area contributed by atoms with Crippen molar-refractivity contribution in [2.75, 3.05) is 25.0 Å². The van der Waals surface area contributed by atoms with Crippen molar-refractivity contribution in [1.29, 1.82) is 0 Å². The lowest BCUT2D eigenvalue weighted by atomic mass is 10.0. The van der Waals surface area contributed by atoms with Gasteiger partial charge in [0.05, 0.1) is 0 Å². The Labute approximate surface area is 143 Å². The van der Waals surface area contributed by atoms with Crippen LogP contribution in [-0.2, 0) is 4.79 Å². The number of pyridine rings is 1. The summed E-state index contributed by atoms with van der Waals surface area (Å²) in [6, 6.07) is 16.2. The average molecular weight is 321 g/mol. The van der Waals surface area contributed by atoms with Crippen molar-refractivity contribution in [2.24, 2.45) is 0 Å². The van der Waals surface area contributed by atoms with Gasteiger partial charge in [-0.3, -0.25) is 4.79 Å². The molecule has 3 rings (SSSR count). The molecule has 0 spiro atoms. The summed E-state index contributed by atoms with van der Waals surface area (Å²) in [5.74, 6) is 1.09. The molecule has 1 aromatic carbocycles. The molecule has 0 N–H and O–H groups in total. The Balaban J connectivity index is 1.54. The van der Waals surface area contributed by atoms with Gasteiger partial charge in [0, 0.05) is 38.5 Å². The Bertz CT molecular complexity index is 677. The predicted molar refractivity (Wildman–Crippen MR) is 97.7 cm³/mol. The Morgan fingerprint density at radius 1 is 1.12 bits per heavy atom. The van der Waals surface area contributed by atoms with Crippen molar-refractivity contribution in [3.63, 3.8) is 0 Å². The van der Waals surface area contributed by atoms with Crippen molar-refractivity contribution in [3.8, 4) is 0 Å². The summed E-state index contributed by atoms with van der Waals surface area (Å²) in [7, 11) is 1.90. The molecule has 1 fully saturated rings. The molecule has 2 aromatic rings. The molecule has 0 bridgehead atoms. The molecule has 1 saturated heterocycles. The topological polar surface area (TPSA) is 36.4 Å². The van der Waals surface area contributed by atoms with E-state index in [0.29, 0.717) is 0 Å². The average Bonchev–Trinajstić information content (AvgIpc) is 2.67. The smallest absolute Gasteiger partial charge is 0.246 e. The fourth-order valence-electron chi connectivity index (χ4n) is 3.05. The molecule has 2 heterocycles. The third-order valence-electron chi connectivity index (χ3n) is 4.55. The van der Waals surface area contributed by atoms with Crippen LogP contribution in [0.4, 0.5) is 5.82 Å². The number of anilines is 1. The first-order valence-electron chi connectivity index (χ1n) is 8.40. The van der Waals surface area contributed by atoms with Gasteiger partial charge in [0.2, 0.25) is 5.91 Å². The van der Waals surface area contributed by atoms with Crippen molar-refractivity contribution >= 4 is 17.8 Å². The molecule has 0 saturated carbocycles. The minimum Gasteiger partial charge on any atom is -0.356 e. The third kappa shape index (κ3) is 4.02. The van der Waals surface area contributed by atoms with Crippen LogP contribution in [0.25, 0.3) is 6.08 Å². The molecule has 124 valence electrons. The SMILES string of the molecule is CN(C(=O)/C=C\c1ccccc1)C1CCN(c2ccccn2)CC1. The minimum atomic E-state index is 0.0649. The number of benzene rings is 1. The second-order valence-electron chi connectivity index (χ2n) is 6.10. The summed E-state index contributed by atoms with van der Waals surface area (Å²) in [5.41, 5.74) is 1.05. The standard InChI is InChI=1S/C20H23N3O/c1-22(20(24)11-10-17-7-3-2-4-8-17)18-12-15-23(16-13-18)19-9-5-6-14-21-19/h2-11,14,18H,12-13,15-16H2,1H3/b11-10-. The van der Waals surface area contributed by atoms with Crippen molar-refractivity contribution < 1.29 is 4.79 Å². The fraction of sp³-hybridized carbons (Fsp3) is 0.300. The fourth-order valence-corrected chi connectivity index (χ4v) is 3.05. The molecule has 4 heteroatoms. The number of likely N-dealkylation sites (N-methyl/N-ethyl adjacent to an activating group) is 1. The Hall–Kier alpha value is -2.62. The molecular weight excluding hydrogens is 298 g/mol. The van der Waals surface area contributed by atoms with Crippen LogP contribution in [0.3, 0.4) is 0 Å². The van der Waals surface area contributed by atoms with Crippen molar-refractivity contribution in [2.45, 2.75) is 18.9 Å². The summed E-state index contributed by atoms with van der Waals surface area (Å²) >= 11 is 0. The van der Waals surface area contributed by atoms with E-state index >= 15 is 0 Å². The number of piperidine rings is 1. The zero-order chi connectivity index (χ0) is 16.8. The number of amides is 1. The second-order valence-corrected chi connectivity index (χ2v) is 6.10. The molecule has 4 nitrogen and oxygen atoms in total. The summed E-state index contributed by atoms with van der Waals surface area (Å²) in [6.45, 7) is 1.86. The van der Waals surface area contributed by atoms with Gasteiger partial charge >= 0.3 is 0 Å². The van der Waals surface area contributed by atoms with Crippen LogP contribution in [0.2, 0.25) is 0 Å². The molecule has 0 atom stereocenters. The molecule has 0 unspecified atom stereocenters. The van der Waals surface area contributed by atoms with Crippen LogP contribution < -0.4 is 4.90 Å². The van der Waals surface area contributed by atoms with Crippen LogP contribution in [0.5, 0.6) is 0 Å². The quantitative estimate of drug-likeness (QED) is 0.811. The molecule has 0 radical (unpaired) electrons. The normalized spacial score (nSPS) is 15.6. The van der Waals surface area contributed by atoms with Gasteiger partial charge in [-0.1, -0.05) is 36.4 Å². The molecule has 1 aromatic heterocycles. The molecule has 1 aliphatic heterocycles. The highest BCUT2D eigenvalue weighted by molar-refractivity contribution is 5.91. The third-order valence-corrected chi connectivity index (χ3v) is 4.55. The monoisotopic (exact) mass is 321 g/mol. The van der Waals surface area contributed by atoms with Gasteiger partial charge in [0.25, 0.3) is 0 Å². The first-order valence-corrected chi connectivity index (χ1v) is 8.40. The van der Waals surface area contributed by atoms with Crippen LogP contribution in [0.15, 0.2) is 60.8 Å². The second kappa shape index (κ2) is 7.77. The number of carbonyl (C=O) groups is 1. The molecular formula is C20H23N3O. The van der Waals surface area contributed by atoms with E-state index in [1.165, 1.54) is 0 Å². The predicted octanol–water partition coefficient (Wildman–Crippen LogP) is 3.22. The molecule has 1 aliphatic rings. The number of nitrogens with zero attached hydrogens (tertiary/aromatic N) is 3. The first kappa shape index (κ1) is 16.2. The number of hydrogen-bond acceptors (Lipinski definition) is 3. The maximum Gasteiger partial charge on any atom is 0.246 e. The van der Waals surface area contributed by atoms with E-state index < -0.39 is 0 Å². The van der Waals surface area contributed by atoms with Gasteiger partial charge in [-0.2, -0.15) is 0 Å². The van der Waals surface area contributed by atoms with Crippen LogP contribution in [-0.4, -0.2) is 42.0 Å². The number of rotatable bonds is 4. The van der Waals surface area contributed by atoms with Crippen LogP contribution in [0.1, 0.15) is 18.4 Å². The molecule has 24 heavy (non-hydrogen) atoms. The van der Waals surface area contributed by atoms with Gasteiger partial charge in [-0.25, -0.2) is 4.98 Å². The van der Waals surface area contributed by atoms with E-state index in [4.69, 9.17) is 0 Å². The van der Waals surface area contributed by atoms with Gasteiger partial charge < -0.3 is 9.80 Å². The van der Waals surface area contributed by atoms with Gasteiger partial charge in [0.15, 0.2) is 0 Å². The lowest BCUT2D eigenvalue weighted by Crippen LogP contribution is -2.45. The highest BCUT2D eigenvalue weighted by Crippen LogP contribution is 2.20. The van der Waals surface area contributed by atoms with E-state index in [1.807, 2.05) is 72.8 Å². The first-order chi connectivity index (χ1) is 11.7. The number of carbonyl (C=O) groups excluding carboxylic acids is 1. The van der Waals surface area contributed by atoms with Gasteiger partial charge in [-0.05, 0) is 36.6 Å². The number of aromatic nitrogens is 1. The lowest BCUT2D eigenvalue weighted by molar-refractivity contribution is -0.127. The largest absolute Gasteiger partial charge is 0.356 e.